The number of rotatable bonds is 17. The van der Waals surface area contributed by atoms with Crippen LogP contribution in [0.1, 0.15) is 124 Å². The number of hydrogen-bond donors (Lipinski definition) is 1. The Hall–Kier alpha value is -1.06. The predicted molar refractivity (Wildman–Crippen MR) is 109 cm³/mol. The fourth-order valence-electron chi connectivity index (χ4n) is 2.85. The number of hydrogen-bond acceptors (Lipinski definition) is 3. The smallest absolute Gasteiger partial charge is 0.303 e. The van der Waals surface area contributed by atoms with Crippen molar-refractivity contribution >= 4 is 11.9 Å². The molecular weight excluding hydrogens is 328 g/mol. The topological polar surface area (TPSA) is 63.6 Å². The molecule has 0 heterocycles. The highest BCUT2D eigenvalue weighted by Gasteiger charge is 1.97. The molecule has 0 aromatic rings. The van der Waals surface area contributed by atoms with Crippen molar-refractivity contribution in [2.24, 2.45) is 0 Å². The first-order chi connectivity index (χ1) is 12.5. The molecular formula is C22H44O4. The van der Waals surface area contributed by atoms with Gasteiger partial charge >= 0.3 is 11.9 Å². The van der Waals surface area contributed by atoms with Gasteiger partial charge in [-0.05, 0) is 13.3 Å². The molecule has 0 saturated heterocycles. The molecule has 156 valence electrons. The average Bonchev–Trinajstić information content (AvgIpc) is 2.58. The van der Waals surface area contributed by atoms with Crippen molar-refractivity contribution in [3.8, 4) is 0 Å². The molecule has 0 saturated carbocycles. The van der Waals surface area contributed by atoms with Gasteiger partial charge in [-0.2, -0.15) is 0 Å². The Kier molecular flexibility index (Phi) is 25.0. The van der Waals surface area contributed by atoms with Gasteiger partial charge in [0, 0.05) is 13.3 Å². The van der Waals surface area contributed by atoms with Crippen LogP contribution in [0.25, 0.3) is 0 Å². The Balaban J connectivity index is 0. The van der Waals surface area contributed by atoms with Crippen LogP contribution in [0.3, 0.4) is 0 Å². The number of carboxylic acids is 1. The number of carbonyl (C=O) groups excluding carboxylic acids is 1. The maximum atomic E-state index is 10.3. The number of unbranched alkanes of at least 4 members (excludes halogenated alkanes) is 14. The molecule has 0 aromatic carbocycles. The maximum Gasteiger partial charge on any atom is 0.303 e. The second-order valence-corrected chi connectivity index (χ2v) is 7.02. The number of aliphatic carboxylic acids is 1. The van der Waals surface area contributed by atoms with Crippen LogP contribution in [-0.4, -0.2) is 23.7 Å². The summed E-state index contributed by atoms with van der Waals surface area (Å²) in [5.74, 6) is -0.864. The van der Waals surface area contributed by atoms with Crippen LogP contribution < -0.4 is 0 Å². The van der Waals surface area contributed by atoms with Crippen molar-refractivity contribution in [3.05, 3.63) is 0 Å². The first-order valence-corrected chi connectivity index (χ1v) is 10.9. The van der Waals surface area contributed by atoms with Crippen LogP contribution in [0.15, 0.2) is 0 Å². The van der Waals surface area contributed by atoms with Crippen molar-refractivity contribution < 1.29 is 19.4 Å². The van der Waals surface area contributed by atoms with Gasteiger partial charge in [-0.15, -0.1) is 0 Å². The molecule has 0 unspecified atom stereocenters. The number of esters is 1. The molecule has 0 radical (unpaired) electrons. The molecule has 0 amide bonds. The van der Waals surface area contributed by atoms with Gasteiger partial charge in [0.25, 0.3) is 0 Å². The van der Waals surface area contributed by atoms with E-state index in [-0.39, 0.29) is 5.97 Å². The molecule has 0 aliphatic heterocycles. The zero-order valence-corrected chi connectivity index (χ0v) is 17.7. The van der Waals surface area contributed by atoms with Crippen LogP contribution in [-0.2, 0) is 14.3 Å². The number of carbonyl (C=O) groups is 2. The number of carboxylic acid groups (broad SMARTS) is 1. The van der Waals surface area contributed by atoms with Gasteiger partial charge in [-0.1, -0.05) is 96.8 Å². The molecule has 0 atom stereocenters. The van der Waals surface area contributed by atoms with E-state index in [0.717, 1.165) is 12.8 Å². The van der Waals surface area contributed by atoms with Gasteiger partial charge in [-0.25, -0.2) is 0 Å². The van der Waals surface area contributed by atoms with E-state index in [9.17, 15) is 9.59 Å². The molecule has 0 spiro atoms. The minimum absolute atomic E-state index is 0.211. The van der Waals surface area contributed by atoms with E-state index in [1.807, 2.05) is 0 Å². The van der Waals surface area contributed by atoms with Crippen LogP contribution in [0, 0.1) is 0 Å². The lowest BCUT2D eigenvalue weighted by molar-refractivity contribution is -0.140. The fraction of sp³-hybridized carbons (Fsp3) is 0.909. The molecule has 0 bridgehead atoms. The molecule has 0 aliphatic rings. The quantitative estimate of drug-likeness (QED) is 0.223. The molecule has 0 aliphatic carbocycles. The molecule has 1 N–H and O–H groups in total. The summed E-state index contributed by atoms with van der Waals surface area (Å²) in [4.78, 5) is 20.2. The van der Waals surface area contributed by atoms with E-state index in [1.165, 1.54) is 90.4 Å². The Labute approximate surface area is 162 Å². The van der Waals surface area contributed by atoms with E-state index < -0.39 is 5.97 Å². The van der Waals surface area contributed by atoms with Crippen molar-refractivity contribution in [2.75, 3.05) is 6.61 Å². The van der Waals surface area contributed by atoms with Crippen molar-refractivity contribution in [2.45, 2.75) is 124 Å². The summed E-state index contributed by atoms with van der Waals surface area (Å²) >= 11 is 0. The van der Waals surface area contributed by atoms with Crippen LogP contribution >= 0.6 is 0 Å². The molecule has 0 rings (SSSR count). The first kappa shape index (κ1) is 27.2. The van der Waals surface area contributed by atoms with Gasteiger partial charge in [-0.3, -0.25) is 9.59 Å². The standard InChI is InChI=1S/C18H36O2.C4H8O2/c1-2-3-4-5-6-7-8-9-10-11-12-13-14-15-16-17-18(19)20;1-3-6-4(2)5/h2-17H2,1H3,(H,19,20);3H2,1-2H3. The highest BCUT2D eigenvalue weighted by Crippen LogP contribution is 2.13. The van der Waals surface area contributed by atoms with Crippen LogP contribution in [0.2, 0.25) is 0 Å². The second-order valence-electron chi connectivity index (χ2n) is 7.02. The summed E-state index contributed by atoms with van der Waals surface area (Å²) in [6.45, 7) is 5.92. The Morgan fingerprint density at radius 3 is 1.23 bits per heavy atom. The van der Waals surface area contributed by atoms with Gasteiger partial charge in [0.2, 0.25) is 0 Å². The summed E-state index contributed by atoms with van der Waals surface area (Å²) in [5, 5.41) is 8.52. The summed E-state index contributed by atoms with van der Waals surface area (Å²) in [7, 11) is 0. The summed E-state index contributed by atoms with van der Waals surface area (Å²) in [6.07, 6.45) is 20.2. The van der Waals surface area contributed by atoms with E-state index in [2.05, 4.69) is 11.7 Å². The first-order valence-electron chi connectivity index (χ1n) is 10.9. The van der Waals surface area contributed by atoms with E-state index in [1.54, 1.807) is 6.92 Å². The third kappa shape index (κ3) is 30.8. The van der Waals surface area contributed by atoms with Crippen LogP contribution in [0.4, 0.5) is 0 Å². The summed E-state index contributed by atoms with van der Waals surface area (Å²) in [5.41, 5.74) is 0. The highest BCUT2D eigenvalue weighted by molar-refractivity contribution is 5.66. The minimum Gasteiger partial charge on any atom is -0.481 e. The zero-order chi connectivity index (χ0) is 19.9. The molecule has 0 aromatic heterocycles. The van der Waals surface area contributed by atoms with Gasteiger partial charge < -0.3 is 9.84 Å². The predicted octanol–water partition coefficient (Wildman–Crippen LogP) is 6.90. The summed E-state index contributed by atoms with van der Waals surface area (Å²) < 4.78 is 4.40. The van der Waals surface area contributed by atoms with Crippen molar-refractivity contribution in [1.82, 2.24) is 0 Å². The largest absolute Gasteiger partial charge is 0.481 e. The molecule has 4 heteroatoms. The second kappa shape index (κ2) is 23.9. The highest BCUT2D eigenvalue weighted by atomic mass is 16.5. The lowest BCUT2D eigenvalue weighted by Gasteiger charge is -2.03. The van der Waals surface area contributed by atoms with E-state index in [0.29, 0.717) is 13.0 Å². The normalized spacial score (nSPS) is 10.1. The Morgan fingerprint density at radius 2 is 1.00 bits per heavy atom. The zero-order valence-electron chi connectivity index (χ0n) is 17.7. The van der Waals surface area contributed by atoms with Gasteiger partial charge in [0.1, 0.15) is 0 Å². The molecule has 0 fully saturated rings. The minimum atomic E-state index is -0.653. The van der Waals surface area contributed by atoms with E-state index in [4.69, 9.17) is 5.11 Å². The lowest BCUT2D eigenvalue weighted by Crippen LogP contribution is -1.95. The molecule has 4 nitrogen and oxygen atoms in total. The van der Waals surface area contributed by atoms with Crippen molar-refractivity contribution in [1.29, 1.82) is 0 Å². The monoisotopic (exact) mass is 372 g/mol. The van der Waals surface area contributed by atoms with E-state index >= 15 is 0 Å². The lowest BCUT2D eigenvalue weighted by atomic mass is 10.0. The van der Waals surface area contributed by atoms with Gasteiger partial charge in [0.05, 0.1) is 6.61 Å². The fourth-order valence-corrected chi connectivity index (χ4v) is 2.85. The third-order valence-corrected chi connectivity index (χ3v) is 4.34. The Bertz CT molecular complexity index is 303. The maximum absolute atomic E-state index is 10.3. The van der Waals surface area contributed by atoms with Crippen molar-refractivity contribution in [3.63, 3.8) is 0 Å². The average molecular weight is 373 g/mol. The third-order valence-electron chi connectivity index (χ3n) is 4.34. The SMILES string of the molecule is CCCCCCCCCCCCCCCCCC(=O)O.CCOC(C)=O. The number of ether oxygens (including phenoxy) is 1. The Morgan fingerprint density at radius 1 is 0.654 bits per heavy atom. The van der Waals surface area contributed by atoms with Gasteiger partial charge in [0.15, 0.2) is 0 Å². The summed E-state index contributed by atoms with van der Waals surface area (Å²) in [6, 6.07) is 0. The van der Waals surface area contributed by atoms with Crippen LogP contribution in [0.5, 0.6) is 0 Å². The molecule has 26 heavy (non-hydrogen) atoms.